The Labute approximate surface area is 146 Å². The summed E-state index contributed by atoms with van der Waals surface area (Å²) in [6.45, 7) is 0.787. The lowest BCUT2D eigenvalue weighted by Crippen LogP contribution is -2.31. The van der Waals surface area contributed by atoms with E-state index in [0.29, 0.717) is 17.9 Å². The van der Waals surface area contributed by atoms with E-state index in [2.05, 4.69) is 17.0 Å². The number of benzene rings is 1. The minimum atomic E-state index is 0.589. The van der Waals surface area contributed by atoms with E-state index in [4.69, 9.17) is 13.9 Å². The van der Waals surface area contributed by atoms with Crippen molar-refractivity contribution in [2.45, 2.75) is 12.8 Å². The second-order valence-corrected chi connectivity index (χ2v) is 5.98. The standard InChI is InChI=1S/C20H18N2O3/c1-23-18-10-13-7-8-22-16(17-4-3-9-25-17)6-5-14(12-21)20(22)15(13)11-19(18)24-2/h3-4,6,9-11H,5,7-8H2,1-2H3. The van der Waals surface area contributed by atoms with Gasteiger partial charge in [-0.05, 0) is 36.2 Å². The van der Waals surface area contributed by atoms with Crippen LogP contribution in [0.5, 0.6) is 11.5 Å². The molecule has 0 fully saturated rings. The molecule has 0 saturated carbocycles. The van der Waals surface area contributed by atoms with Crippen molar-refractivity contribution >= 4 is 11.4 Å². The lowest BCUT2D eigenvalue weighted by molar-refractivity contribution is 0.353. The number of rotatable bonds is 3. The summed E-state index contributed by atoms with van der Waals surface area (Å²) < 4.78 is 16.5. The van der Waals surface area contributed by atoms with Gasteiger partial charge in [-0.25, -0.2) is 0 Å². The second kappa shape index (κ2) is 6.06. The van der Waals surface area contributed by atoms with Crippen LogP contribution >= 0.6 is 0 Å². The van der Waals surface area contributed by atoms with Crippen LogP contribution in [0.15, 0.2) is 46.6 Å². The highest BCUT2D eigenvalue weighted by atomic mass is 16.5. The third-order valence-corrected chi connectivity index (χ3v) is 4.72. The Kier molecular flexibility index (Phi) is 3.73. The number of allylic oxidation sites excluding steroid dienone is 2. The smallest absolute Gasteiger partial charge is 0.161 e. The summed E-state index contributed by atoms with van der Waals surface area (Å²) in [6, 6.07) is 10.2. The van der Waals surface area contributed by atoms with Gasteiger partial charge in [0, 0.05) is 18.5 Å². The van der Waals surface area contributed by atoms with Gasteiger partial charge >= 0.3 is 0 Å². The van der Waals surface area contributed by atoms with E-state index in [0.717, 1.165) is 46.8 Å². The molecule has 0 saturated heterocycles. The normalized spacial score (nSPS) is 15.9. The Morgan fingerprint density at radius 1 is 1.20 bits per heavy atom. The van der Waals surface area contributed by atoms with Gasteiger partial charge in [0.25, 0.3) is 0 Å². The summed E-state index contributed by atoms with van der Waals surface area (Å²) in [7, 11) is 3.26. The van der Waals surface area contributed by atoms with Crippen molar-refractivity contribution in [3.63, 3.8) is 0 Å². The van der Waals surface area contributed by atoms with Gasteiger partial charge in [0.1, 0.15) is 5.76 Å². The van der Waals surface area contributed by atoms with E-state index in [9.17, 15) is 5.26 Å². The molecule has 126 valence electrons. The number of furan rings is 1. The van der Waals surface area contributed by atoms with Gasteiger partial charge in [-0.3, -0.25) is 0 Å². The van der Waals surface area contributed by atoms with Crippen LogP contribution in [0.2, 0.25) is 0 Å². The third kappa shape index (κ3) is 2.38. The maximum atomic E-state index is 9.66. The van der Waals surface area contributed by atoms with Crippen LogP contribution < -0.4 is 9.47 Å². The van der Waals surface area contributed by atoms with Gasteiger partial charge in [-0.2, -0.15) is 5.26 Å². The zero-order valence-corrected chi connectivity index (χ0v) is 14.2. The van der Waals surface area contributed by atoms with Crippen molar-refractivity contribution in [2.75, 3.05) is 20.8 Å². The van der Waals surface area contributed by atoms with E-state index in [1.165, 1.54) is 0 Å². The van der Waals surface area contributed by atoms with Gasteiger partial charge in [0.05, 0.1) is 43.5 Å². The first-order valence-electron chi connectivity index (χ1n) is 8.17. The monoisotopic (exact) mass is 334 g/mol. The summed E-state index contributed by atoms with van der Waals surface area (Å²) in [4.78, 5) is 2.18. The number of hydrogen-bond donors (Lipinski definition) is 0. The highest BCUT2D eigenvalue weighted by Crippen LogP contribution is 2.44. The molecule has 4 rings (SSSR count). The second-order valence-electron chi connectivity index (χ2n) is 5.98. The van der Waals surface area contributed by atoms with Crippen LogP contribution in [0.3, 0.4) is 0 Å². The molecule has 2 aromatic rings. The largest absolute Gasteiger partial charge is 0.493 e. The number of methoxy groups -OCH3 is 2. The van der Waals surface area contributed by atoms with Gasteiger partial charge in [-0.1, -0.05) is 6.08 Å². The number of fused-ring (bicyclic) bond motifs is 3. The molecular weight excluding hydrogens is 316 g/mol. The van der Waals surface area contributed by atoms with E-state index >= 15 is 0 Å². The van der Waals surface area contributed by atoms with Gasteiger partial charge in [0.2, 0.25) is 0 Å². The maximum Gasteiger partial charge on any atom is 0.161 e. The maximum absolute atomic E-state index is 9.66. The van der Waals surface area contributed by atoms with Crippen LogP contribution in [0.4, 0.5) is 0 Å². The number of nitrogens with zero attached hydrogens (tertiary/aromatic N) is 2. The highest BCUT2D eigenvalue weighted by Gasteiger charge is 2.31. The van der Waals surface area contributed by atoms with E-state index in [1.54, 1.807) is 20.5 Å². The fourth-order valence-corrected chi connectivity index (χ4v) is 3.57. The van der Waals surface area contributed by atoms with Crippen molar-refractivity contribution in [1.29, 1.82) is 5.26 Å². The molecule has 25 heavy (non-hydrogen) atoms. The molecule has 2 aliphatic rings. The SMILES string of the molecule is COc1cc2c(cc1OC)C1=C(C#N)CC=C(c3ccco3)N1CC2. The zero-order chi connectivity index (χ0) is 17.4. The Morgan fingerprint density at radius 3 is 2.68 bits per heavy atom. The van der Waals surface area contributed by atoms with E-state index in [1.807, 2.05) is 24.3 Å². The Hall–Kier alpha value is -3.13. The van der Waals surface area contributed by atoms with Crippen LogP contribution in [-0.2, 0) is 6.42 Å². The molecule has 0 radical (unpaired) electrons. The number of hydrogen-bond acceptors (Lipinski definition) is 5. The summed E-state index contributed by atoms with van der Waals surface area (Å²) in [5.41, 5.74) is 4.90. The van der Waals surface area contributed by atoms with Crippen molar-refractivity contribution in [3.8, 4) is 17.6 Å². The third-order valence-electron chi connectivity index (χ3n) is 4.72. The van der Waals surface area contributed by atoms with Crippen LogP contribution in [0.25, 0.3) is 11.4 Å². The van der Waals surface area contributed by atoms with Crippen molar-refractivity contribution in [1.82, 2.24) is 4.90 Å². The Morgan fingerprint density at radius 2 is 2.00 bits per heavy atom. The van der Waals surface area contributed by atoms with Crippen LogP contribution in [0.1, 0.15) is 23.3 Å². The zero-order valence-electron chi connectivity index (χ0n) is 14.2. The molecule has 5 nitrogen and oxygen atoms in total. The van der Waals surface area contributed by atoms with E-state index < -0.39 is 0 Å². The lowest BCUT2D eigenvalue weighted by atomic mass is 9.89. The molecule has 0 amide bonds. The minimum absolute atomic E-state index is 0.589. The summed E-state index contributed by atoms with van der Waals surface area (Å²) in [5, 5.41) is 9.66. The van der Waals surface area contributed by atoms with Gasteiger partial charge < -0.3 is 18.8 Å². The molecule has 0 unspecified atom stereocenters. The van der Waals surface area contributed by atoms with Crippen LogP contribution in [-0.4, -0.2) is 25.7 Å². The van der Waals surface area contributed by atoms with Crippen LogP contribution in [0, 0.1) is 11.3 Å². The molecule has 0 spiro atoms. The van der Waals surface area contributed by atoms with Gasteiger partial charge in [-0.15, -0.1) is 0 Å². The predicted octanol–water partition coefficient (Wildman–Crippen LogP) is 3.83. The molecule has 0 atom stereocenters. The quantitative estimate of drug-likeness (QED) is 0.854. The summed E-state index contributed by atoms with van der Waals surface area (Å²) in [6.07, 6.45) is 5.18. The first-order chi connectivity index (χ1) is 12.3. The molecule has 0 N–H and O–H groups in total. The Bertz CT molecular complexity index is 917. The summed E-state index contributed by atoms with van der Waals surface area (Å²) >= 11 is 0. The highest BCUT2D eigenvalue weighted by molar-refractivity contribution is 5.85. The average molecular weight is 334 g/mol. The fraction of sp³-hybridized carbons (Fsp3) is 0.250. The van der Waals surface area contributed by atoms with Crippen molar-refractivity contribution in [3.05, 3.63) is 59.1 Å². The molecule has 2 aliphatic heterocycles. The number of nitriles is 1. The average Bonchev–Trinajstić information content (AvgIpc) is 3.20. The molecular formula is C20H18N2O3. The minimum Gasteiger partial charge on any atom is -0.493 e. The van der Waals surface area contributed by atoms with Gasteiger partial charge in [0.15, 0.2) is 11.5 Å². The van der Waals surface area contributed by atoms with Crippen molar-refractivity contribution < 1.29 is 13.9 Å². The first-order valence-corrected chi connectivity index (χ1v) is 8.17. The topological polar surface area (TPSA) is 58.6 Å². The molecule has 0 aliphatic carbocycles. The predicted molar refractivity (Wildman–Crippen MR) is 93.8 cm³/mol. The molecule has 5 heteroatoms. The molecule has 1 aromatic carbocycles. The molecule has 1 aromatic heterocycles. The first kappa shape index (κ1) is 15.4. The van der Waals surface area contributed by atoms with E-state index in [-0.39, 0.29) is 0 Å². The fourth-order valence-electron chi connectivity index (χ4n) is 3.57. The molecule has 0 bridgehead atoms. The Balaban J connectivity index is 1.87. The summed E-state index contributed by atoms with van der Waals surface area (Å²) in [5.74, 6) is 2.20. The lowest BCUT2D eigenvalue weighted by Gasteiger charge is -2.37. The van der Waals surface area contributed by atoms with Crippen molar-refractivity contribution in [2.24, 2.45) is 0 Å². The number of ether oxygens (including phenoxy) is 2. The molecule has 3 heterocycles.